The van der Waals surface area contributed by atoms with E-state index in [2.05, 4.69) is 10.6 Å². The van der Waals surface area contributed by atoms with Crippen LogP contribution in [0.4, 0.5) is 14.5 Å². The van der Waals surface area contributed by atoms with Gasteiger partial charge >= 0.3 is 0 Å². The highest BCUT2D eigenvalue weighted by Gasteiger charge is 2.24. The van der Waals surface area contributed by atoms with Crippen LogP contribution in [0.25, 0.3) is 0 Å². The molecule has 0 aliphatic carbocycles. The molecular weight excluding hydrogens is 284 g/mol. The Hall–Kier alpha value is -2.09. The van der Waals surface area contributed by atoms with Crippen molar-refractivity contribution in [2.45, 2.75) is 12.8 Å². The van der Waals surface area contributed by atoms with E-state index in [0.29, 0.717) is 18.7 Å². The number of nitro benzene ring substituents is 1. The normalized spacial score (nSPS) is 18.3. The summed E-state index contributed by atoms with van der Waals surface area (Å²) < 4.78 is 26.2. The van der Waals surface area contributed by atoms with E-state index in [1.165, 1.54) is 0 Å². The van der Waals surface area contributed by atoms with Crippen molar-refractivity contribution in [3.05, 3.63) is 39.4 Å². The van der Waals surface area contributed by atoms with E-state index in [1.54, 1.807) is 0 Å². The lowest BCUT2D eigenvalue weighted by Gasteiger charge is -2.22. The maximum absolute atomic E-state index is 13.2. The SMILES string of the molecule is O=C(NCC1CCCNC1)c1cc(F)c(F)cc1[N+](=O)[O-]. The summed E-state index contributed by atoms with van der Waals surface area (Å²) in [6.45, 7) is 2.02. The highest BCUT2D eigenvalue weighted by Crippen LogP contribution is 2.22. The van der Waals surface area contributed by atoms with Crippen LogP contribution in [0.1, 0.15) is 23.2 Å². The largest absolute Gasteiger partial charge is 0.351 e. The molecule has 1 aliphatic rings. The average molecular weight is 299 g/mol. The van der Waals surface area contributed by atoms with E-state index in [0.717, 1.165) is 25.9 Å². The zero-order chi connectivity index (χ0) is 15.4. The summed E-state index contributed by atoms with van der Waals surface area (Å²) in [5.74, 6) is -3.18. The first kappa shape index (κ1) is 15.3. The van der Waals surface area contributed by atoms with Crippen LogP contribution >= 0.6 is 0 Å². The molecule has 0 saturated carbocycles. The van der Waals surface area contributed by atoms with Gasteiger partial charge in [0.05, 0.1) is 11.0 Å². The van der Waals surface area contributed by atoms with Crippen molar-refractivity contribution in [2.75, 3.05) is 19.6 Å². The highest BCUT2D eigenvalue weighted by atomic mass is 19.2. The number of carbonyl (C=O) groups excluding carboxylic acids is 1. The summed E-state index contributed by atoms with van der Waals surface area (Å²) in [5, 5.41) is 16.5. The second-order valence-corrected chi connectivity index (χ2v) is 4.96. The van der Waals surface area contributed by atoms with Gasteiger partial charge in [-0.3, -0.25) is 14.9 Å². The third-order valence-corrected chi connectivity index (χ3v) is 3.43. The van der Waals surface area contributed by atoms with Gasteiger partial charge in [0.25, 0.3) is 11.6 Å². The second kappa shape index (κ2) is 6.57. The van der Waals surface area contributed by atoms with Crippen molar-refractivity contribution in [3.8, 4) is 0 Å². The van der Waals surface area contributed by atoms with Crippen LogP contribution in [-0.4, -0.2) is 30.5 Å². The predicted molar refractivity (Wildman–Crippen MR) is 70.9 cm³/mol. The van der Waals surface area contributed by atoms with Gasteiger partial charge in [-0.05, 0) is 37.9 Å². The summed E-state index contributed by atoms with van der Waals surface area (Å²) in [5.41, 5.74) is -1.21. The molecule has 21 heavy (non-hydrogen) atoms. The Balaban J connectivity index is 2.10. The molecule has 1 atom stereocenters. The molecule has 1 amide bonds. The third kappa shape index (κ3) is 3.72. The molecule has 1 unspecified atom stereocenters. The van der Waals surface area contributed by atoms with Crippen LogP contribution in [0.3, 0.4) is 0 Å². The summed E-state index contributed by atoms with van der Waals surface area (Å²) in [6.07, 6.45) is 1.93. The molecule has 1 saturated heterocycles. The standard InChI is InChI=1S/C13H15F2N3O3/c14-10-4-9(12(18(20)21)5-11(10)15)13(19)17-7-8-2-1-3-16-6-8/h4-5,8,16H,1-3,6-7H2,(H,17,19). The van der Waals surface area contributed by atoms with Crippen molar-refractivity contribution in [1.82, 2.24) is 10.6 Å². The molecule has 0 spiro atoms. The molecule has 0 radical (unpaired) electrons. The minimum Gasteiger partial charge on any atom is -0.351 e. The van der Waals surface area contributed by atoms with Crippen LogP contribution in [-0.2, 0) is 0 Å². The number of hydrogen-bond acceptors (Lipinski definition) is 4. The Morgan fingerprint density at radius 1 is 1.43 bits per heavy atom. The summed E-state index contributed by atoms with van der Waals surface area (Å²) in [7, 11) is 0. The Bertz CT molecular complexity index is 560. The monoisotopic (exact) mass is 299 g/mol. The topological polar surface area (TPSA) is 84.3 Å². The predicted octanol–water partition coefficient (Wildman–Crippen LogP) is 1.60. The Kier molecular flexibility index (Phi) is 4.79. The van der Waals surface area contributed by atoms with Gasteiger partial charge in [-0.1, -0.05) is 0 Å². The first-order valence-corrected chi connectivity index (χ1v) is 6.61. The first-order chi connectivity index (χ1) is 9.99. The molecule has 1 aliphatic heterocycles. The molecule has 6 nitrogen and oxygen atoms in total. The fourth-order valence-electron chi connectivity index (χ4n) is 2.30. The number of carbonyl (C=O) groups is 1. The number of rotatable bonds is 4. The van der Waals surface area contributed by atoms with Crippen molar-refractivity contribution in [2.24, 2.45) is 5.92 Å². The minimum atomic E-state index is -1.35. The van der Waals surface area contributed by atoms with Gasteiger partial charge in [0.15, 0.2) is 11.6 Å². The molecule has 1 aromatic rings. The fourth-order valence-corrected chi connectivity index (χ4v) is 2.30. The first-order valence-electron chi connectivity index (χ1n) is 6.61. The van der Waals surface area contributed by atoms with Crippen LogP contribution in [0.15, 0.2) is 12.1 Å². The number of nitrogens with one attached hydrogen (secondary N) is 2. The molecule has 114 valence electrons. The second-order valence-electron chi connectivity index (χ2n) is 4.96. The number of nitro groups is 1. The Morgan fingerprint density at radius 3 is 2.76 bits per heavy atom. The lowest BCUT2D eigenvalue weighted by Crippen LogP contribution is -2.38. The van der Waals surface area contributed by atoms with Crippen LogP contribution in [0.5, 0.6) is 0 Å². The highest BCUT2D eigenvalue weighted by molar-refractivity contribution is 5.98. The van der Waals surface area contributed by atoms with Gasteiger partial charge in [0.1, 0.15) is 5.56 Å². The van der Waals surface area contributed by atoms with Gasteiger partial charge in [-0.2, -0.15) is 0 Å². The van der Waals surface area contributed by atoms with Gasteiger partial charge in [-0.25, -0.2) is 8.78 Å². The number of nitrogens with zero attached hydrogens (tertiary/aromatic N) is 1. The minimum absolute atomic E-state index is 0.229. The van der Waals surface area contributed by atoms with E-state index in [-0.39, 0.29) is 5.92 Å². The maximum atomic E-state index is 13.2. The van der Waals surface area contributed by atoms with E-state index in [1.807, 2.05) is 0 Å². The van der Waals surface area contributed by atoms with E-state index in [9.17, 15) is 23.7 Å². The third-order valence-electron chi connectivity index (χ3n) is 3.43. The number of halogens is 2. The number of hydrogen-bond donors (Lipinski definition) is 2. The molecule has 2 N–H and O–H groups in total. The molecule has 1 heterocycles. The van der Waals surface area contributed by atoms with Gasteiger partial charge in [-0.15, -0.1) is 0 Å². The summed E-state index contributed by atoms with van der Waals surface area (Å²) >= 11 is 0. The number of benzene rings is 1. The zero-order valence-corrected chi connectivity index (χ0v) is 11.2. The van der Waals surface area contributed by atoms with Crippen LogP contribution in [0, 0.1) is 27.7 Å². The van der Waals surface area contributed by atoms with Crippen molar-refractivity contribution < 1.29 is 18.5 Å². The lowest BCUT2D eigenvalue weighted by molar-refractivity contribution is -0.385. The molecule has 0 aromatic heterocycles. The number of amides is 1. The maximum Gasteiger partial charge on any atom is 0.285 e. The van der Waals surface area contributed by atoms with Crippen LogP contribution in [0.2, 0.25) is 0 Å². The zero-order valence-electron chi connectivity index (χ0n) is 11.2. The van der Waals surface area contributed by atoms with Crippen molar-refractivity contribution >= 4 is 11.6 Å². The van der Waals surface area contributed by atoms with E-state index < -0.39 is 33.7 Å². The molecule has 1 aromatic carbocycles. The summed E-state index contributed by atoms with van der Waals surface area (Å²) in [6, 6.07) is 0.980. The van der Waals surface area contributed by atoms with E-state index >= 15 is 0 Å². The quantitative estimate of drug-likeness (QED) is 0.653. The Labute approximate surface area is 119 Å². The fraction of sp³-hybridized carbons (Fsp3) is 0.462. The van der Waals surface area contributed by atoms with Crippen LogP contribution < -0.4 is 10.6 Å². The smallest absolute Gasteiger partial charge is 0.285 e. The van der Waals surface area contributed by atoms with Gasteiger partial charge in [0.2, 0.25) is 0 Å². The average Bonchev–Trinajstić information content (AvgIpc) is 2.48. The Morgan fingerprint density at radius 2 is 2.14 bits per heavy atom. The number of piperidine rings is 1. The lowest BCUT2D eigenvalue weighted by atomic mass is 9.99. The molecular formula is C13H15F2N3O3. The molecule has 2 rings (SSSR count). The molecule has 1 fully saturated rings. The van der Waals surface area contributed by atoms with E-state index in [4.69, 9.17) is 0 Å². The van der Waals surface area contributed by atoms with Crippen molar-refractivity contribution in [1.29, 1.82) is 0 Å². The molecule has 0 bridgehead atoms. The van der Waals surface area contributed by atoms with Crippen molar-refractivity contribution in [3.63, 3.8) is 0 Å². The van der Waals surface area contributed by atoms with Gasteiger partial charge < -0.3 is 10.6 Å². The van der Waals surface area contributed by atoms with Gasteiger partial charge in [0, 0.05) is 6.54 Å². The summed E-state index contributed by atoms with van der Waals surface area (Å²) in [4.78, 5) is 21.9. The molecule has 8 heteroatoms.